The van der Waals surface area contributed by atoms with Gasteiger partial charge in [-0.2, -0.15) is 4.98 Å². The Hall–Kier alpha value is -1.21. The first kappa shape index (κ1) is 13.2. The third-order valence-corrected chi connectivity index (χ3v) is 3.08. The molecule has 0 fully saturated rings. The predicted octanol–water partition coefficient (Wildman–Crippen LogP) is 2.57. The van der Waals surface area contributed by atoms with Crippen molar-refractivity contribution in [3.8, 4) is 0 Å². The largest absolute Gasteiger partial charge is 0.352 e. The zero-order chi connectivity index (χ0) is 13.0. The zero-order valence-corrected chi connectivity index (χ0v) is 12.4. The Labute approximate surface area is 120 Å². The van der Waals surface area contributed by atoms with Crippen molar-refractivity contribution in [2.75, 3.05) is 6.54 Å². The number of carbonyl (C=O) groups is 1. The lowest BCUT2D eigenvalue weighted by atomic mass is 10.2. The molecular formula is C11H9Br2N3O2. The molecule has 7 heteroatoms. The highest BCUT2D eigenvalue weighted by molar-refractivity contribution is 9.11. The van der Waals surface area contributed by atoms with Crippen molar-refractivity contribution < 1.29 is 9.32 Å². The van der Waals surface area contributed by atoms with Crippen molar-refractivity contribution >= 4 is 37.8 Å². The van der Waals surface area contributed by atoms with Crippen LogP contribution >= 0.6 is 31.9 Å². The van der Waals surface area contributed by atoms with E-state index in [4.69, 9.17) is 0 Å². The Bertz CT molecular complexity index is 523. The molecule has 0 atom stereocenters. The summed E-state index contributed by atoms with van der Waals surface area (Å²) < 4.78 is 6.30. The van der Waals surface area contributed by atoms with Crippen molar-refractivity contribution in [3.63, 3.8) is 0 Å². The molecule has 1 amide bonds. The normalized spacial score (nSPS) is 10.3. The van der Waals surface area contributed by atoms with Crippen LogP contribution < -0.4 is 5.32 Å². The Balaban J connectivity index is 1.91. The lowest BCUT2D eigenvalue weighted by Gasteiger charge is -2.04. The van der Waals surface area contributed by atoms with Crippen molar-refractivity contribution in [2.45, 2.75) is 6.42 Å². The van der Waals surface area contributed by atoms with E-state index in [1.165, 1.54) is 6.39 Å². The first-order valence-corrected chi connectivity index (χ1v) is 6.73. The van der Waals surface area contributed by atoms with Gasteiger partial charge in [-0.15, -0.1) is 0 Å². The van der Waals surface area contributed by atoms with Gasteiger partial charge in [-0.25, -0.2) is 0 Å². The van der Waals surface area contributed by atoms with Crippen LogP contribution in [0.4, 0.5) is 0 Å². The van der Waals surface area contributed by atoms with Crippen molar-refractivity contribution in [2.24, 2.45) is 0 Å². The molecule has 1 N–H and O–H groups in total. The van der Waals surface area contributed by atoms with Crippen LogP contribution in [0.1, 0.15) is 16.2 Å². The summed E-state index contributed by atoms with van der Waals surface area (Å²) in [7, 11) is 0. The minimum Gasteiger partial charge on any atom is -0.352 e. The highest BCUT2D eigenvalue weighted by atomic mass is 79.9. The van der Waals surface area contributed by atoms with Gasteiger partial charge >= 0.3 is 0 Å². The third-order valence-electron chi connectivity index (χ3n) is 2.17. The van der Waals surface area contributed by atoms with Crippen LogP contribution in [-0.2, 0) is 6.42 Å². The fraction of sp³-hybridized carbons (Fsp3) is 0.182. The fourth-order valence-electron chi connectivity index (χ4n) is 1.38. The SMILES string of the molecule is O=C(NCCc1ncon1)c1cc(Br)cc(Br)c1. The Morgan fingerprint density at radius 3 is 2.61 bits per heavy atom. The molecule has 1 aromatic heterocycles. The first-order valence-electron chi connectivity index (χ1n) is 5.14. The smallest absolute Gasteiger partial charge is 0.251 e. The minimum atomic E-state index is -0.138. The molecule has 1 heterocycles. The van der Waals surface area contributed by atoms with Gasteiger partial charge in [0, 0.05) is 27.5 Å². The number of benzene rings is 1. The second-order valence-electron chi connectivity index (χ2n) is 3.51. The van der Waals surface area contributed by atoms with Gasteiger partial charge in [-0.3, -0.25) is 4.79 Å². The minimum absolute atomic E-state index is 0.138. The molecule has 0 aliphatic carbocycles. The maximum absolute atomic E-state index is 11.9. The van der Waals surface area contributed by atoms with Crippen LogP contribution in [0.5, 0.6) is 0 Å². The molecule has 0 aliphatic heterocycles. The topological polar surface area (TPSA) is 68.0 Å². The van der Waals surface area contributed by atoms with Crippen molar-refractivity contribution in [1.29, 1.82) is 0 Å². The molecule has 0 aliphatic rings. The van der Waals surface area contributed by atoms with Gasteiger partial charge in [0.15, 0.2) is 5.82 Å². The molecule has 0 unspecified atom stereocenters. The van der Waals surface area contributed by atoms with Gasteiger partial charge in [-0.05, 0) is 18.2 Å². The predicted molar refractivity (Wildman–Crippen MR) is 72.2 cm³/mol. The number of hydrogen-bond donors (Lipinski definition) is 1. The van der Waals surface area contributed by atoms with Gasteiger partial charge < -0.3 is 9.84 Å². The van der Waals surface area contributed by atoms with Gasteiger partial charge in [0.05, 0.1) is 0 Å². The summed E-state index contributed by atoms with van der Waals surface area (Å²) in [5.41, 5.74) is 0.587. The molecule has 0 bridgehead atoms. The van der Waals surface area contributed by atoms with E-state index in [-0.39, 0.29) is 5.91 Å². The lowest BCUT2D eigenvalue weighted by molar-refractivity contribution is 0.0954. The number of nitrogens with zero attached hydrogens (tertiary/aromatic N) is 2. The molecule has 94 valence electrons. The first-order chi connectivity index (χ1) is 8.65. The van der Waals surface area contributed by atoms with E-state index in [9.17, 15) is 4.79 Å². The van der Waals surface area contributed by atoms with Gasteiger partial charge in [-0.1, -0.05) is 37.0 Å². The quantitative estimate of drug-likeness (QED) is 0.892. The average Bonchev–Trinajstić information content (AvgIpc) is 2.80. The summed E-state index contributed by atoms with van der Waals surface area (Å²) in [5.74, 6) is 0.436. The monoisotopic (exact) mass is 373 g/mol. The Morgan fingerprint density at radius 2 is 2.00 bits per heavy atom. The number of carbonyl (C=O) groups excluding carboxylic acids is 1. The highest BCUT2D eigenvalue weighted by Crippen LogP contribution is 2.19. The number of nitrogens with one attached hydrogen (secondary N) is 1. The molecule has 5 nitrogen and oxygen atoms in total. The Morgan fingerprint density at radius 1 is 1.28 bits per heavy atom. The summed E-state index contributed by atoms with van der Waals surface area (Å²) in [4.78, 5) is 15.7. The standard InChI is InChI=1S/C11H9Br2N3O2/c12-8-3-7(4-9(13)5-8)11(17)14-2-1-10-15-6-18-16-10/h3-6H,1-2H2,(H,14,17). The summed E-state index contributed by atoms with van der Waals surface area (Å²) >= 11 is 6.68. The van der Waals surface area contributed by atoms with Crippen LogP contribution in [0.2, 0.25) is 0 Å². The average molecular weight is 375 g/mol. The molecule has 18 heavy (non-hydrogen) atoms. The fourth-order valence-corrected chi connectivity index (χ4v) is 2.67. The summed E-state index contributed by atoms with van der Waals surface area (Å²) in [6, 6.07) is 5.39. The molecule has 0 radical (unpaired) electrons. The van der Waals surface area contributed by atoms with Crippen molar-refractivity contribution in [3.05, 3.63) is 44.9 Å². The molecule has 2 rings (SSSR count). The van der Waals surface area contributed by atoms with E-state index in [0.29, 0.717) is 24.4 Å². The molecule has 1 aromatic carbocycles. The van der Waals surface area contributed by atoms with Gasteiger partial charge in [0.1, 0.15) is 0 Å². The van der Waals surface area contributed by atoms with Gasteiger partial charge in [0.2, 0.25) is 6.39 Å². The van der Waals surface area contributed by atoms with E-state index in [1.54, 1.807) is 12.1 Å². The summed E-state index contributed by atoms with van der Waals surface area (Å²) in [6.45, 7) is 0.461. The second kappa shape index (κ2) is 6.10. The number of amides is 1. The molecular weight excluding hydrogens is 366 g/mol. The van der Waals surface area contributed by atoms with Crippen LogP contribution in [0.3, 0.4) is 0 Å². The van der Waals surface area contributed by atoms with Crippen LogP contribution in [-0.4, -0.2) is 22.6 Å². The highest BCUT2D eigenvalue weighted by Gasteiger charge is 2.07. The van der Waals surface area contributed by atoms with Crippen LogP contribution in [0.15, 0.2) is 38.1 Å². The maximum Gasteiger partial charge on any atom is 0.251 e. The zero-order valence-electron chi connectivity index (χ0n) is 9.19. The molecule has 2 aromatic rings. The maximum atomic E-state index is 11.9. The van der Waals surface area contributed by atoms with Crippen molar-refractivity contribution in [1.82, 2.24) is 15.5 Å². The molecule has 0 spiro atoms. The Kier molecular flexibility index (Phi) is 4.48. The van der Waals surface area contributed by atoms with Crippen LogP contribution in [0.25, 0.3) is 0 Å². The molecule has 0 saturated carbocycles. The lowest BCUT2D eigenvalue weighted by Crippen LogP contribution is -2.25. The van der Waals surface area contributed by atoms with E-state index in [0.717, 1.165) is 8.95 Å². The number of aromatic nitrogens is 2. The summed E-state index contributed by atoms with van der Waals surface area (Å²) in [5, 5.41) is 6.45. The number of hydrogen-bond acceptors (Lipinski definition) is 4. The van der Waals surface area contributed by atoms with E-state index < -0.39 is 0 Å². The van der Waals surface area contributed by atoms with E-state index >= 15 is 0 Å². The van der Waals surface area contributed by atoms with Crippen LogP contribution in [0, 0.1) is 0 Å². The summed E-state index contributed by atoms with van der Waals surface area (Å²) in [6.07, 6.45) is 1.81. The van der Waals surface area contributed by atoms with E-state index in [1.807, 2.05) is 6.07 Å². The molecule has 0 saturated heterocycles. The number of halogens is 2. The number of rotatable bonds is 4. The third kappa shape index (κ3) is 3.64. The second-order valence-corrected chi connectivity index (χ2v) is 5.34. The van der Waals surface area contributed by atoms with E-state index in [2.05, 4.69) is 51.8 Å². The van der Waals surface area contributed by atoms with Gasteiger partial charge in [0.25, 0.3) is 5.91 Å².